The number of alkyl halides is 3. The van der Waals surface area contributed by atoms with Crippen molar-refractivity contribution in [2.75, 3.05) is 33.5 Å². The summed E-state index contributed by atoms with van der Waals surface area (Å²) in [5.74, 6) is -3.79. The van der Waals surface area contributed by atoms with E-state index in [-0.39, 0.29) is 24.3 Å². The second kappa shape index (κ2) is 11.7. The number of hydrogen-bond donors (Lipinski definition) is 0. The molecule has 200 valence electrons. The molecule has 3 aromatic rings. The third kappa shape index (κ3) is 6.94. The van der Waals surface area contributed by atoms with Crippen molar-refractivity contribution in [2.45, 2.75) is 31.7 Å². The van der Waals surface area contributed by atoms with Gasteiger partial charge in [0.25, 0.3) is 0 Å². The molecule has 0 unspecified atom stereocenters. The Balaban J connectivity index is 1.42. The molecular weight excluding hydrogens is 502 g/mol. The van der Waals surface area contributed by atoms with E-state index in [4.69, 9.17) is 14.2 Å². The van der Waals surface area contributed by atoms with Gasteiger partial charge in [-0.3, -0.25) is 0 Å². The van der Waals surface area contributed by atoms with Gasteiger partial charge in [0.05, 0.1) is 13.2 Å². The summed E-state index contributed by atoms with van der Waals surface area (Å²) in [5.41, 5.74) is 1.27. The Hall–Kier alpha value is -2.82. The van der Waals surface area contributed by atoms with Gasteiger partial charge in [0.15, 0.2) is 30.3 Å². The van der Waals surface area contributed by atoms with Crippen LogP contribution in [0.25, 0.3) is 10.8 Å². The van der Waals surface area contributed by atoms with Crippen molar-refractivity contribution in [1.29, 1.82) is 0 Å². The Morgan fingerprint density at radius 1 is 0.919 bits per heavy atom. The van der Waals surface area contributed by atoms with Crippen LogP contribution in [0.1, 0.15) is 29.4 Å². The summed E-state index contributed by atoms with van der Waals surface area (Å²) >= 11 is 0. The van der Waals surface area contributed by atoms with Gasteiger partial charge in [-0.25, -0.2) is 13.2 Å². The van der Waals surface area contributed by atoms with Crippen LogP contribution < -0.4 is 4.74 Å². The minimum absolute atomic E-state index is 0.0713. The van der Waals surface area contributed by atoms with Crippen LogP contribution in [0.15, 0.2) is 42.5 Å². The first-order valence-electron chi connectivity index (χ1n) is 11.7. The molecule has 3 aromatic carbocycles. The topological polar surface area (TPSA) is 36.9 Å². The number of rotatable bonds is 9. The first-order valence-corrected chi connectivity index (χ1v) is 11.7. The second-order valence-corrected chi connectivity index (χ2v) is 8.96. The Morgan fingerprint density at radius 2 is 1.62 bits per heavy atom. The molecule has 1 aliphatic heterocycles. The van der Waals surface area contributed by atoms with Gasteiger partial charge in [0, 0.05) is 30.6 Å². The summed E-state index contributed by atoms with van der Waals surface area (Å²) in [4.78, 5) is 0. The fourth-order valence-corrected chi connectivity index (χ4v) is 4.21. The van der Waals surface area contributed by atoms with Crippen LogP contribution in [-0.4, -0.2) is 39.7 Å². The molecule has 0 amide bonds. The Morgan fingerprint density at radius 3 is 2.27 bits per heavy atom. The summed E-state index contributed by atoms with van der Waals surface area (Å²) in [6.07, 6.45) is -4.23. The largest absolute Gasteiger partial charge is 0.478 e. The van der Waals surface area contributed by atoms with Crippen molar-refractivity contribution in [2.24, 2.45) is 5.92 Å². The predicted molar refractivity (Wildman–Crippen MR) is 124 cm³/mol. The van der Waals surface area contributed by atoms with Crippen LogP contribution in [0.2, 0.25) is 0 Å². The Bertz CT molecular complexity index is 1200. The fraction of sp³-hybridized carbons (Fsp3) is 0.407. The molecule has 0 aliphatic carbocycles. The zero-order chi connectivity index (χ0) is 26.6. The Labute approximate surface area is 210 Å². The van der Waals surface area contributed by atoms with Crippen molar-refractivity contribution < 1.29 is 45.3 Å². The van der Waals surface area contributed by atoms with Crippen LogP contribution in [0.5, 0.6) is 5.75 Å². The van der Waals surface area contributed by atoms with E-state index in [1.54, 1.807) is 37.4 Å². The first-order chi connectivity index (χ1) is 17.6. The quantitative estimate of drug-likeness (QED) is 0.291. The number of halogens is 6. The van der Waals surface area contributed by atoms with E-state index in [1.807, 2.05) is 0 Å². The molecule has 0 bridgehead atoms. The zero-order valence-corrected chi connectivity index (χ0v) is 20.0. The molecule has 1 heterocycles. The van der Waals surface area contributed by atoms with Crippen molar-refractivity contribution in [3.8, 4) is 5.75 Å². The van der Waals surface area contributed by atoms with Crippen LogP contribution in [0, 0.1) is 23.4 Å². The highest BCUT2D eigenvalue weighted by Crippen LogP contribution is 2.31. The lowest BCUT2D eigenvalue weighted by Gasteiger charge is -2.29. The lowest BCUT2D eigenvalue weighted by molar-refractivity contribution is -0.207. The molecule has 0 radical (unpaired) electrons. The SMILES string of the molecule is COCCC1COC(c2ccc3c(F)c(CCc4cc(F)c(OCC(F)(F)F)c(F)c4)ccc3c2)OC1. The maximum Gasteiger partial charge on any atom is 0.422 e. The molecular formula is C27H26F6O4. The predicted octanol–water partition coefficient (Wildman–Crippen LogP) is 6.68. The standard InChI is InChI=1S/C27H26F6O4/c1-34-9-8-17-13-35-26(36-14-17)20-6-7-21-19(12-20)5-4-18(24(21)30)3-2-16-10-22(28)25(23(29)11-16)37-15-27(31,32)33/h4-7,10-12,17,26H,2-3,8-9,13-15H2,1H3. The number of aryl methyl sites for hydroxylation is 2. The molecule has 0 atom stereocenters. The molecule has 0 spiro atoms. The maximum absolute atomic E-state index is 15.2. The summed E-state index contributed by atoms with van der Waals surface area (Å²) < 4.78 is 101. The second-order valence-electron chi connectivity index (χ2n) is 8.96. The molecule has 0 saturated carbocycles. The van der Waals surface area contributed by atoms with Crippen molar-refractivity contribution in [3.63, 3.8) is 0 Å². The molecule has 1 aliphatic rings. The highest BCUT2D eigenvalue weighted by molar-refractivity contribution is 5.84. The molecule has 4 rings (SSSR count). The van der Waals surface area contributed by atoms with Gasteiger partial charge >= 0.3 is 6.18 Å². The van der Waals surface area contributed by atoms with Crippen LogP contribution in [0.3, 0.4) is 0 Å². The van der Waals surface area contributed by atoms with Gasteiger partial charge in [-0.2, -0.15) is 13.2 Å². The number of fused-ring (bicyclic) bond motifs is 1. The zero-order valence-electron chi connectivity index (χ0n) is 20.0. The Kier molecular flexibility index (Phi) is 8.61. The highest BCUT2D eigenvalue weighted by Gasteiger charge is 2.30. The van der Waals surface area contributed by atoms with Gasteiger partial charge in [0.2, 0.25) is 0 Å². The monoisotopic (exact) mass is 528 g/mol. The van der Waals surface area contributed by atoms with Crippen LogP contribution >= 0.6 is 0 Å². The third-order valence-corrected chi connectivity index (χ3v) is 6.15. The summed E-state index contributed by atoms with van der Waals surface area (Å²) in [6.45, 7) is -0.102. The van der Waals surface area contributed by atoms with Gasteiger partial charge < -0.3 is 18.9 Å². The fourth-order valence-electron chi connectivity index (χ4n) is 4.21. The maximum atomic E-state index is 15.2. The third-order valence-electron chi connectivity index (χ3n) is 6.15. The smallest absolute Gasteiger partial charge is 0.422 e. The van der Waals surface area contributed by atoms with Gasteiger partial charge in [-0.15, -0.1) is 0 Å². The van der Waals surface area contributed by atoms with E-state index in [9.17, 15) is 22.0 Å². The van der Waals surface area contributed by atoms with E-state index in [0.717, 1.165) is 24.1 Å². The summed E-state index contributed by atoms with van der Waals surface area (Å²) in [6, 6.07) is 10.3. The average Bonchev–Trinajstić information content (AvgIpc) is 2.86. The lowest BCUT2D eigenvalue weighted by Crippen LogP contribution is -2.27. The van der Waals surface area contributed by atoms with Gasteiger partial charge in [0.1, 0.15) is 5.82 Å². The highest BCUT2D eigenvalue weighted by atomic mass is 19.4. The minimum Gasteiger partial charge on any atom is -0.478 e. The van der Waals surface area contributed by atoms with Crippen LogP contribution in [-0.2, 0) is 27.1 Å². The number of methoxy groups -OCH3 is 1. The number of ether oxygens (including phenoxy) is 4. The molecule has 1 saturated heterocycles. The minimum atomic E-state index is -4.73. The number of hydrogen-bond acceptors (Lipinski definition) is 4. The van der Waals surface area contributed by atoms with Crippen molar-refractivity contribution in [1.82, 2.24) is 0 Å². The van der Waals surface area contributed by atoms with Gasteiger partial charge in [-0.1, -0.05) is 24.3 Å². The molecule has 4 nitrogen and oxygen atoms in total. The van der Waals surface area contributed by atoms with Crippen LogP contribution in [0.4, 0.5) is 26.3 Å². The van der Waals surface area contributed by atoms with E-state index < -0.39 is 42.3 Å². The summed E-state index contributed by atoms with van der Waals surface area (Å²) in [7, 11) is 1.64. The summed E-state index contributed by atoms with van der Waals surface area (Å²) in [5, 5.41) is 1.03. The van der Waals surface area contributed by atoms with E-state index >= 15 is 4.39 Å². The van der Waals surface area contributed by atoms with Crippen molar-refractivity contribution >= 4 is 10.8 Å². The normalized spacial score (nSPS) is 18.4. The lowest BCUT2D eigenvalue weighted by atomic mass is 9.98. The molecule has 10 heteroatoms. The molecule has 0 N–H and O–H groups in total. The first kappa shape index (κ1) is 27.2. The van der Waals surface area contributed by atoms with E-state index in [0.29, 0.717) is 36.2 Å². The molecule has 1 fully saturated rings. The number of benzene rings is 3. The molecule has 37 heavy (non-hydrogen) atoms. The van der Waals surface area contributed by atoms with E-state index in [1.165, 1.54) is 0 Å². The van der Waals surface area contributed by atoms with E-state index in [2.05, 4.69) is 4.74 Å². The average molecular weight is 528 g/mol. The van der Waals surface area contributed by atoms with Crippen molar-refractivity contribution in [3.05, 3.63) is 76.6 Å². The van der Waals surface area contributed by atoms with Gasteiger partial charge in [-0.05, 0) is 54.0 Å². The molecule has 0 aromatic heterocycles.